The highest BCUT2D eigenvalue weighted by Gasteiger charge is 2.21. The first-order valence-electron chi connectivity index (χ1n) is 5.86. The Kier molecular flexibility index (Phi) is 4.83. The highest BCUT2D eigenvalue weighted by Crippen LogP contribution is 2.32. The number of benzene rings is 1. The second-order valence-electron chi connectivity index (χ2n) is 4.86. The molecule has 0 fully saturated rings. The summed E-state index contributed by atoms with van der Waals surface area (Å²) in [6.45, 7) is 4.27. The summed E-state index contributed by atoms with van der Waals surface area (Å²) in [5.74, 6) is 0.388. The molecule has 3 nitrogen and oxygen atoms in total. The molecule has 0 radical (unpaired) electrons. The van der Waals surface area contributed by atoms with Crippen LogP contribution in [0.5, 0.6) is 11.5 Å². The van der Waals surface area contributed by atoms with Crippen molar-refractivity contribution in [3.63, 3.8) is 0 Å². The molecule has 1 unspecified atom stereocenters. The summed E-state index contributed by atoms with van der Waals surface area (Å²) >= 11 is 0. The van der Waals surface area contributed by atoms with Crippen LogP contribution >= 0.6 is 17.0 Å². The molecule has 4 heteroatoms. The molecule has 0 amide bonds. The molecule has 3 N–H and O–H groups in total. The first-order chi connectivity index (χ1) is 7.56. The molecule has 1 atom stereocenters. The van der Waals surface area contributed by atoms with Gasteiger partial charge in [0.2, 0.25) is 0 Å². The van der Waals surface area contributed by atoms with Crippen molar-refractivity contribution >= 4 is 17.0 Å². The van der Waals surface area contributed by atoms with Crippen molar-refractivity contribution in [2.75, 3.05) is 0 Å². The second-order valence-corrected chi connectivity index (χ2v) is 4.86. The van der Waals surface area contributed by atoms with Crippen LogP contribution in [-0.2, 0) is 12.8 Å². The molecular formula is C13H20BrNO2. The van der Waals surface area contributed by atoms with Gasteiger partial charge in [0.15, 0.2) is 0 Å². The monoisotopic (exact) mass is 301 g/mol. The Morgan fingerprint density at radius 3 is 2.65 bits per heavy atom. The molecule has 0 spiro atoms. The standard InChI is InChI=1S/C13H19NO2.BrH/c1-8(2)14-10-3-4-12-9(5-10)6-11(15)7-13(12)16;/h6-8,10,14-16H,3-5H2,1-2H3;1H. The van der Waals surface area contributed by atoms with Gasteiger partial charge in [-0.25, -0.2) is 0 Å². The molecule has 0 bridgehead atoms. The zero-order chi connectivity index (χ0) is 11.7. The summed E-state index contributed by atoms with van der Waals surface area (Å²) in [6.07, 6.45) is 2.81. The number of phenolic OH excluding ortho intramolecular Hbond substituents is 2. The molecule has 1 aromatic rings. The number of halogens is 1. The zero-order valence-corrected chi connectivity index (χ0v) is 11.9. The van der Waals surface area contributed by atoms with Gasteiger partial charge in [-0.1, -0.05) is 13.8 Å². The van der Waals surface area contributed by atoms with E-state index in [4.69, 9.17) is 0 Å². The molecule has 1 aliphatic carbocycles. The first kappa shape index (κ1) is 14.3. The van der Waals surface area contributed by atoms with Crippen LogP contribution in [0.25, 0.3) is 0 Å². The van der Waals surface area contributed by atoms with Crippen LogP contribution in [0, 0.1) is 0 Å². The number of aromatic hydroxyl groups is 2. The largest absolute Gasteiger partial charge is 0.508 e. The molecule has 0 aliphatic heterocycles. The number of hydrogen-bond acceptors (Lipinski definition) is 3. The lowest BCUT2D eigenvalue weighted by atomic mass is 9.87. The van der Waals surface area contributed by atoms with Crippen molar-refractivity contribution in [2.45, 2.75) is 45.2 Å². The van der Waals surface area contributed by atoms with Gasteiger partial charge in [0.05, 0.1) is 0 Å². The average molecular weight is 302 g/mol. The van der Waals surface area contributed by atoms with Crippen molar-refractivity contribution in [1.29, 1.82) is 0 Å². The Morgan fingerprint density at radius 1 is 1.29 bits per heavy atom. The van der Waals surface area contributed by atoms with E-state index >= 15 is 0 Å². The van der Waals surface area contributed by atoms with E-state index < -0.39 is 0 Å². The number of phenols is 2. The van der Waals surface area contributed by atoms with Crippen molar-refractivity contribution in [1.82, 2.24) is 5.32 Å². The van der Waals surface area contributed by atoms with Crippen LogP contribution in [0.3, 0.4) is 0 Å². The van der Waals surface area contributed by atoms with E-state index in [-0.39, 0.29) is 28.5 Å². The van der Waals surface area contributed by atoms with Gasteiger partial charge in [-0.05, 0) is 36.5 Å². The predicted molar refractivity (Wildman–Crippen MR) is 74.2 cm³/mol. The third-order valence-electron chi connectivity index (χ3n) is 3.08. The molecule has 0 saturated heterocycles. The Labute approximate surface area is 113 Å². The predicted octanol–water partition coefficient (Wildman–Crippen LogP) is 2.53. The van der Waals surface area contributed by atoms with E-state index in [1.54, 1.807) is 6.07 Å². The number of rotatable bonds is 2. The van der Waals surface area contributed by atoms with E-state index in [1.165, 1.54) is 6.07 Å². The number of nitrogens with one attached hydrogen (secondary N) is 1. The van der Waals surface area contributed by atoms with E-state index in [2.05, 4.69) is 19.2 Å². The lowest BCUT2D eigenvalue weighted by Crippen LogP contribution is -2.38. The Hall–Kier alpha value is -0.740. The fourth-order valence-electron chi connectivity index (χ4n) is 2.47. The Bertz CT molecular complexity index is 393. The van der Waals surface area contributed by atoms with Gasteiger partial charge in [0, 0.05) is 18.2 Å². The van der Waals surface area contributed by atoms with Gasteiger partial charge < -0.3 is 15.5 Å². The molecule has 0 saturated carbocycles. The quantitative estimate of drug-likeness (QED) is 0.787. The van der Waals surface area contributed by atoms with Crippen LogP contribution in [-0.4, -0.2) is 22.3 Å². The zero-order valence-electron chi connectivity index (χ0n) is 10.2. The maximum Gasteiger partial charge on any atom is 0.122 e. The minimum atomic E-state index is 0. The van der Waals surface area contributed by atoms with Gasteiger partial charge in [0.25, 0.3) is 0 Å². The van der Waals surface area contributed by atoms with Crippen molar-refractivity contribution in [3.8, 4) is 11.5 Å². The van der Waals surface area contributed by atoms with E-state index in [0.717, 1.165) is 30.4 Å². The first-order valence-corrected chi connectivity index (χ1v) is 5.86. The van der Waals surface area contributed by atoms with Gasteiger partial charge in [-0.3, -0.25) is 0 Å². The highest BCUT2D eigenvalue weighted by molar-refractivity contribution is 8.93. The fourth-order valence-corrected chi connectivity index (χ4v) is 2.47. The maximum atomic E-state index is 9.72. The van der Waals surface area contributed by atoms with E-state index in [9.17, 15) is 10.2 Å². The lowest BCUT2D eigenvalue weighted by Gasteiger charge is -2.27. The number of fused-ring (bicyclic) bond motifs is 1. The minimum Gasteiger partial charge on any atom is -0.508 e. The van der Waals surface area contributed by atoms with Crippen molar-refractivity contribution in [3.05, 3.63) is 23.3 Å². The van der Waals surface area contributed by atoms with Crippen LogP contribution < -0.4 is 5.32 Å². The number of hydrogen-bond donors (Lipinski definition) is 3. The summed E-state index contributed by atoms with van der Waals surface area (Å²) in [4.78, 5) is 0. The lowest BCUT2D eigenvalue weighted by molar-refractivity contribution is 0.402. The fraction of sp³-hybridized carbons (Fsp3) is 0.538. The molecule has 2 rings (SSSR count). The molecule has 0 aromatic heterocycles. The minimum absolute atomic E-state index is 0. The smallest absolute Gasteiger partial charge is 0.122 e. The molecular weight excluding hydrogens is 282 g/mol. The third-order valence-corrected chi connectivity index (χ3v) is 3.08. The molecule has 1 aromatic carbocycles. The SMILES string of the molecule is Br.CC(C)NC1CCc2c(O)cc(O)cc2C1. The van der Waals surface area contributed by atoms with Gasteiger partial charge in [0.1, 0.15) is 11.5 Å². The van der Waals surface area contributed by atoms with Gasteiger partial charge in [-0.15, -0.1) is 17.0 Å². The van der Waals surface area contributed by atoms with Gasteiger partial charge in [-0.2, -0.15) is 0 Å². The summed E-state index contributed by atoms with van der Waals surface area (Å²) in [6, 6.07) is 4.12. The normalized spacial score (nSPS) is 18.6. The Balaban J connectivity index is 0.00000144. The summed E-state index contributed by atoms with van der Waals surface area (Å²) < 4.78 is 0. The van der Waals surface area contributed by atoms with Crippen LogP contribution in [0.4, 0.5) is 0 Å². The third kappa shape index (κ3) is 3.36. The van der Waals surface area contributed by atoms with Crippen LogP contribution in [0.15, 0.2) is 12.1 Å². The van der Waals surface area contributed by atoms with Gasteiger partial charge >= 0.3 is 0 Å². The van der Waals surface area contributed by atoms with Crippen molar-refractivity contribution in [2.24, 2.45) is 0 Å². The average Bonchev–Trinajstić information content (AvgIpc) is 2.15. The highest BCUT2D eigenvalue weighted by atomic mass is 79.9. The molecule has 0 heterocycles. The maximum absolute atomic E-state index is 9.72. The second kappa shape index (κ2) is 5.74. The van der Waals surface area contributed by atoms with E-state index in [0.29, 0.717) is 12.1 Å². The molecule has 1 aliphatic rings. The van der Waals surface area contributed by atoms with Crippen LogP contribution in [0.1, 0.15) is 31.4 Å². The van der Waals surface area contributed by atoms with Crippen molar-refractivity contribution < 1.29 is 10.2 Å². The summed E-state index contributed by atoms with van der Waals surface area (Å²) in [5, 5.41) is 22.7. The summed E-state index contributed by atoms with van der Waals surface area (Å²) in [7, 11) is 0. The van der Waals surface area contributed by atoms with Crippen LogP contribution in [0.2, 0.25) is 0 Å². The Morgan fingerprint density at radius 2 is 2.00 bits per heavy atom. The topological polar surface area (TPSA) is 52.5 Å². The molecule has 96 valence electrons. The van der Waals surface area contributed by atoms with E-state index in [1.807, 2.05) is 0 Å². The molecule has 17 heavy (non-hydrogen) atoms. The summed E-state index contributed by atoms with van der Waals surface area (Å²) in [5.41, 5.74) is 2.07.